The van der Waals surface area contributed by atoms with Gasteiger partial charge in [0.2, 0.25) is 0 Å². The fourth-order valence-electron chi connectivity index (χ4n) is 1.98. The number of oxazole rings is 1. The van der Waals surface area contributed by atoms with Crippen molar-refractivity contribution in [2.75, 3.05) is 6.54 Å². The van der Waals surface area contributed by atoms with Gasteiger partial charge in [0, 0.05) is 7.05 Å². The highest BCUT2D eigenvalue weighted by atomic mass is 16.4. The lowest BCUT2D eigenvalue weighted by molar-refractivity contribution is 0.527. The molecule has 1 aromatic heterocycles. The first kappa shape index (κ1) is 11.9. The number of rotatable bonds is 5. The van der Waals surface area contributed by atoms with Crippen LogP contribution in [0.15, 0.2) is 27.4 Å². The Morgan fingerprint density at radius 3 is 2.88 bits per heavy atom. The number of hydrogen-bond acceptors (Lipinski definition) is 3. The number of aromatic nitrogens is 1. The molecule has 0 saturated carbocycles. The first-order valence-electron chi connectivity index (χ1n) is 6.01. The molecule has 0 aliphatic rings. The normalized spacial score (nSPS) is 11.2. The number of hydrogen-bond donors (Lipinski definition) is 1. The van der Waals surface area contributed by atoms with Gasteiger partial charge in [-0.05, 0) is 43.5 Å². The Morgan fingerprint density at radius 2 is 2.12 bits per heavy atom. The number of unbranched alkanes of at least 4 members (excludes halogenated alkanes) is 2. The molecule has 1 heterocycles. The van der Waals surface area contributed by atoms with E-state index < -0.39 is 0 Å². The Labute approximate surface area is 100 Å². The van der Waals surface area contributed by atoms with E-state index >= 15 is 0 Å². The van der Waals surface area contributed by atoms with Crippen molar-refractivity contribution in [2.45, 2.75) is 25.7 Å². The largest absolute Gasteiger partial charge is 0.419 e. The maximum Gasteiger partial charge on any atom is 0.419 e. The Balaban J connectivity index is 2.12. The zero-order chi connectivity index (χ0) is 12.3. The van der Waals surface area contributed by atoms with Crippen molar-refractivity contribution in [3.05, 3.63) is 34.3 Å². The lowest BCUT2D eigenvalue weighted by Crippen LogP contribution is -2.08. The number of fused-ring (bicyclic) bond motifs is 1. The molecule has 17 heavy (non-hydrogen) atoms. The summed E-state index contributed by atoms with van der Waals surface area (Å²) in [7, 11) is 1.72. The summed E-state index contributed by atoms with van der Waals surface area (Å²) in [6, 6.07) is 5.96. The SMILES string of the molecule is Cn1c(=O)oc2cc(CCCCCN)ccc21. The Kier molecular flexibility index (Phi) is 3.64. The highest BCUT2D eigenvalue weighted by Crippen LogP contribution is 2.16. The topological polar surface area (TPSA) is 61.2 Å². The smallest absolute Gasteiger partial charge is 0.408 e. The van der Waals surface area contributed by atoms with Gasteiger partial charge in [-0.2, -0.15) is 0 Å². The van der Waals surface area contributed by atoms with E-state index in [1.165, 1.54) is 10.1 Å². The molecule has 4 heteroatoms. The van der Waals surface area contributed by atoms with Gasteiger partial charge < -0.3 is 10.2 Å². The molecule has 92 valence electrons. The minimum Gasteiger partial charge on any atom is -0.408 e. The van der Waals surface area contributed by atoms with E-state index in [0.717, 1.165) is 37.7 Å². The molecule has 0 aliphatic heterocycles. The van der Waals surface area contributed by atoms with Crippen molar-refractivity contribution in [1.82, 2.24) is 4.57 Å². The zero-order valence-electron chi connectivity index (χ0n) is 10.1. The molecule has 0 spiro atoms. The third kappa shape index (κ3) is 2.58. The van der Waals surface area contributed by atoms with Crippen LogP contribution in [-0.4, -0.2) is 11.1 Å². The first-order chi connectivity index (χ1) is 8.22. The molecule has 2 aromatic rings. The van der Waals surface area contributed by atoms with Crippen LogP contribution in [0.3, 0.4) is 0 Å². The minimum absolute atomic E-state index is 0.305. The Hall–Kier alpha value is -1.55. The third-order valence-corrected chi connectivity index (χ3v) is 3.03. The lowest BCUT2D eigenvalue weighted by Gasteiger charge is -2.01. The van der Waals surface area contributed by atoms with Crippen LogP contribution in [-0.2, 0) is 13.5 Å². The second kappa shape index (κ2) is 5.19. The molecule has 0 saturated heterocycles. The number of aryl methyl sites for hydroxylation is 2. The predicted molar refractivity (Wildman–Crippen MR) is 68.1 cm³/mol. The molecule has 0 aliphatic carbocycles. The molecule has 2 N–H and O–H groups in total. The molecule has 0 unspecified atom stereocenters. The van der Waals surface area contributed by atoms with Crippen molar-refractivity contribution in [3.63, 3.8) is 0 Å². The highest BCUT2D eigenvalue weighted by molar-refractivity contribution is 5.73. The minimum atomic E-state index is -0.305. The van der Waals surface area contributed by atoms with E-state index in [0.29, 0.717) is 5.58 Å². The number of nitrogens with two attached hydrogens (primary N) is 1. The number of nitrogens with zero attached hydrogens (tertiary/aromatic N) is 1. The summed E-state index contributed by atoms with van der Waals surface area (Å²) in [4.78, 5) is 11.3. The molecule has 0 radical (unpaired) electrons. The van der Waals surface area contributed by atoms with Crippen LogP contribution in [0.5, 0.6) is 0 Å². The van der Waals surface area contributed by atoms with Crippen molar-refractivity contribution in [3.8, 4) is 0 Å². The van der Waals surface area contributed by atoms with Crippen LogP contribution in [0.1, 0.15) is 24.8 Å². The summed E-state index contributed by atoms with van der Waals surface area (Å²) >= 11 is 0. The third-order valence-electron chi connectivity index (χ3n) is 3.03. The van der Waals surface area contributed by atoms with E-state index in [2.05, 4.69) is 6.07 Å². The summed E-state index contributed by atoms with van der Waals surface area (Å²) in [5, 5.41) is 0. The van der Waals surface area contributed by atoms with Crippen LogP contribution in [0.4, 0.5) is 0 Å². The average molecular weight is 234 g/mol. The lowest BCUT2D eigenvalue weighted by atomic mass is 10.1. The molecule has 2 rings (SSSR count). The van der Waals surface area contributed by atoms with Gasteiger partial charge in [-0.15, -0.1) is 0 Å². The second-order valence-corrected chi connectivity index (χ2v) is 4.33. The molecule has 1 aromatic carbocycles. The fraction of sp³-hybridized carbons (Fsp3) is 0.462. The van der Waals surface area contributed by atoms with Gasteiger partial charge in [0.15, 0.2) is 5.58 Å². The van der Waals surface area contributed by atoms with Crippen LogP contribution in [0.25, 0.3) is 11.1 Å². The van der Waals surface area contributed by atoms with Crippen LogP contribution in [0.2, 0.25) is 0 Å². The summed E-state index contributed by atoms with van der Waals surface area (Å²) in [6.07, 6.45) is 4.35. The van der Waals surface area contributed by atoms with E-state index in [1.54, 1.807) is 7.05 Å². The average Bonchev–Trinajstić information content (AvgIpc) is 2.61. The molecular formula is C13H18N2O2. The molecule has 4 nitrogen and oxygen atoms in total. The van der Waals surface area contributed by atoms with Crippen molar-refractivity contribution < 1.29 is 4.42 Å². The van der Waals surface area contributed by atoms with E-state index in [4.69, 9.17) is 10.2 Å². The van der Waals surface area contributed by atoms with Gasteiger partial charge in [-0.3, -0.25) is 4.57 Å². The van der Waals surface area contributed by atoms with Gasteiger partial charge >= 0.3 is 5.76 Å². The van der Waals surface area contributed by atoms with Crippen molar-refractivity contribution in [1.29, 1.82) is 0 Å². The monoisotopic (exact) mass is 234 g/mol. The van der Waals surface area contributed by atoms with Gasteiger partial charge in [0.1, 0.15) is 0 Å². The van der Waals surface area contributed by atoms with Crippen molar-refractivity contribution >= 4 is 11.1 Å². The van der Waals surface area contributed by atoms with E-state index in [1.807, 2.05) is 12.1 Å². The zero-order valence-corrected chi connectivity index (χ0v) is 10.1. The Bertz CT molecular complexity index is 554. The van der Waals surface area contributed by atoms with Gasteiger partial charge in [0.25, 0.3) is 0 Å². The molecule has 0 amide bonds. The molecule has 0 bridgehead atoms. The van der Waals surface area contributed by atoms with Crippen LogP contribution in [0, 0.1) is 0 Å². The molecule has 0 atom stereocenters. The maximum atomic E-state index is 11.3. The standard InChI is InChI=1S/C13H18N2O2/c1-15-11-7-6-10(5-3-2-4-8-14)9-12(11)17-13(15)16/h6-7,9H,2-5,8,14H2,1H3. The van der Waals surface area contributed by atoms with Gasteiger partial charge in [-0.1, -0.05) is 12.5 Å². The van der Waals surface area contributed by atoms with Crippen LogP contribution < -0.4 is 11.5 Å². The summed E-state index contributed by atoms with van der Waals surface area (Å²) in [6.45, 7) is 0.757. The summed E-state index contributed by atoms with van der Waals surface area (Å²) in [5.74, 6) is -0.305. The highest BCUT2D eigenvalue weighted by Gasteiger charge is 2.05. The Morgan fingerprint density at radius 1 is 1.29 bits per heavy atom. The second-order valence-electron chi connectivity index (χ2n) is 4.33. The van der Waals surface area contributed by atoms with Crippen molar-refractivity contribution in [2.24, 2.45) is 12.8 Å². The van der Waals surface area contributed by atoms with E-state index in [-0.39, 0.29) is 5.76 Å². The fourth-order valence-corrected chi connectivity index (χ4v) is 1.98. The quantitative estimate of drug-likeness (QED) is 0.802. The maximum absolute atomic E-state index is 11.3. The van der Waals surface area contributed by atoms with Gasteiger partial charge in [-0.25, -0.2) is 4.79 Å². The number of benzene rings is 1. The van der Waals surface area contributed by atoms with Crippen LogP contribution >= 0.6 is 0 Å². The molecular weight excluding hydrogens is 216 g/mol. The summed E-state index contributed by atoms with van der Waals surface area (Å²) < 4.78 is 6.68. The van der Waals surface area contributed by atoms with Gasteiger partial charge in [0.05, 0.1) is 5.52 Å². The van der Waals surface area contributed by atoms with E-state index in [9.17, 15) is 4.79 Å². The summed E-state index contributed by atoms with van der Waals surface area (Å²) in [5.41, 5.74) is 8.18. The first-order valence-corrected chi connectivity index (χ1v) is 6.01. The predicted octanol–water partition coefficient (Wildman–Crippen LogP) is 1.80. The molecule has 0 fully saturated rings.